The molecule has 2 rings (SSSR count). The van der Waals surface area contributed by atoms with Crippen LogP contribution in [0.1, 0.15) is 32.7 Å². The number of piperidine rings is 1. The molecule has 2 heterocycles. The van der Waals surface area contributed by atoms with Gasteiger partial charge in [-0.1, -0.05) is 11.8 Å². The molecule has 6 heteroatoms. The largest absolute Gasteiger partial charge is 0.344 e. The number of hydrogen-bond acceptors (Lipinski definition) is 4. The molecule has 1 saturated heterocycles. The summed E-state index contributed by atoms with van der Waals surface area (Å²) in [6, 6.07) is 0.164. The summed E-state index contributed by atoms with van der Waals surface area (Å²) in [6.45, 7) is 6.24. The zero-order valence-electron chi connectivity index (χ0n) is 10.4. The number of rotatable bonds is 4. The average Bonchev–Trinajstić information content (AvgIpc) is 2.69. The normalized spacial score (nSPS) is 17.8. The fraction of sp³-hybridized carbons (Fsp3) is 0.818. The van der Waals surface area contributed by atoms with Gasteiger partial charge in [-0.2, -0.15) is 0 Å². The van der Waals surface area contributed by atoms with Crippen LogP contribution < -0.4 is 11.0 Å². The molecule has 2 N–H and O–H groups in total. The van der Waals surface area contributed by atoms with Crippen LogP contribution in [0.2, 0.25) is 0 Å². The summed E-state index contributed by atoms with van der Waals surface area (Å²) in [4.78, 5) is 11.6. The van der Waals surface area contributed by atoms with E-state index in [-0.39, 0.29) is 11.7 Å². The summed E-state index contributed by atoms with van der Waals surface area (Å²) in [5, 5.41) is 10.8. The van der Waals surface area contributed by atoms with Crippen LogP contribution in [0, 0.1) is 5.92 Å². The van der Waals surface area contributed by atoms with Crippen molar-refractivity contribution in [1.29, 1.82) is 0 Å². The average molecular weight is 256 g/mol. The van der Waals surface area contributed by atoms with Crippen LogP contribution in [0.3, 0.4) is 0 Å². The summed E-state index contributed by atoms with van der Waals surface area (Å²) in [6.07, 6.45) is 2.45. The topological polar surface area (TPSA) is 62.7 Å². The molecule has 0 atom stereocenters. The third-order valence-corrected chi connectivity index (χ3v) is 4.28. The van der Waals surface area contributed by atoms with Gasteiger partial charge >= 0.3 is 5.69 Å². The van der Waals surface area contributed by atoms with Gasteiger partial charge in [0.25, 0.3) is 0 Å². The van der Waals surface area contributed by atoms with Crippen molar-refractivity contribution in [2.24, 2.45) is 5.92 Å². The second kappa shape index (κ2) is 5.73. The van der Waals surface area contributed by atoms with Gasteiger partial charge in [-0.15, -0.1) is 5.10 Å². The second-order valence-corrected chi connectivity index (χ2v) is 5.77. The Morgan fingerprint density at radius 3 is 2.82 bits per heavy atom. The predicted octanol–water partition coefficient (Wildman–Crippen LogP) is 1.24. The lowest BCUT2D eigenvalue weighted by Gasteiger charge is -2.21. The van der Waals surface area contributed by atoms with Gasteiger partial charge in [0.1, 0.15) is 0 Å². The smallest absolute Gasteiger partial charge is 0.317 e. The molecule has 1 aliphatic rings. The van der Waals surface area contributed by atoms with Gasteiger partial charge < -0.3 is 5.32 Å². The number of aromatic nitrogens is 3. The van der Waals surface area contributed by atoms with Crippen molar-refractivity contribution in [1.82, 2.24) is 20.1 Å². The molecule has 96 valence electrons. The van der Waals surface area contributed by atoms with Crippen molar-refractivity contribution in [3.8, 4) is 0 Å². The highest BCUT2D eigenvalue weighted by atomic mass is 32.2. The number of aromatic amines is 1. The number of nitrogens with one attached hydrogen (secondary N) is 2. The Bertz CT molecular complexity index is 406. The fourth-order valence-electron chi connectivity index (χ4n) is 2.09. The van der Waals surface area contributed by atoms with Gasteiger partial charge in [-0.05, 0) is 45.7 Å². The predicted molar refractivity (Wildman–Crippen MR) is 69.6 cm³/mol. The van der Waals surface area contributed by atoms with Crippen LogP contribution >= 0.6 is 11.8 Å². The van der Waals surface area contributed by atoms with Gasteiger partial charge in [0.05, 0.1) is 0 Å². The van der Waals surface area contributed by atoms with E-state index in [1.807, 2.05) is 13.8 Å². The SMILES string of the molecule is CC(C)n1c(SCC2CCNCC2)n[nH]c1=O. The molecule has 0 aliphatic carbocycles. The highest BCUT2D eigenvalue weighted by Crippen LogP contribution is 2.23. The lowest BCUT2D eigenvalue weighted by molar-refractivity contribution is 0.407. The van der Waals surface area contributed by atoms with E-state index < -0.39 is 0 Å². The van der Waals surface area contributed by atoms with E-state index >= 15 is 0 Å². The maximum atomic E-state index is 11.6. The van der Waals surface area contributed by atoms with Crippen molar-refractivity contribution in [2.75, 3.05) is 18.8 Å². The van der Waals surface area contributed by atoms with E-state index in [1.54, 1.807) is 16.3 Å². The molecule has 0 bridgehead atoms. The molecule has 1 aliphatic heterocycles. The molecule has 0 radical (unpaired) electrons. The number of H-pyrrole nitrogens is 1. The Balaban J connectivity index is 1.96. The molecule has 5 nitrogen and oxygen atoms in total. The maximum Gasteiger partial charge on any atom is 0.344 e. The van der Waals surface area contributed by atoms with E-state index in [4.69, 9.17) is 0 Å². The van der Waals surface area contributed by atoms with Crippen LogP contribution in [0.25, 0.3) is 0 Å². The molecule has 1 aromatic rings. The zero-order chi connectivity index (χ0) is 12.3. The number of hydrogen-bond donors (Lipinski definition) is 2. The molecule has 0 spiro atoms. The van der Waals surface area contributed by atoms with E-state index in [1.165, 1.54) is 12.8 Å². The Kier molecular flexibility index (Phi) is 4.28. The van der Waals surface area contributed by atoms with Crippen molar-refractivity contribution in [3.05, 3.63) is 10.5 Å². The first kappa shape index (κ1) is 12.7. The van der Waals surface area contributed by atoms with Gasteiger partial charge in [0, 0.05) is 11.8 Å². The molecule has 1 fully saturated rings. The third kappa shape index (κ3) is 3.13. The van der Waals surface area contributed by atoms with Gasteiger partial charge in [-0.25, -0.2) is 9.89 Å². The van der Waals surface area contributed by atoms with E-state index in [0.29, 0.717) is 0 Å². The number of thioether (sulfide) groups is 1. The summed E-state index contributed by atoms with van der Waals surface area (Å²) < 4.78 is 1.73. The van der Waals surface area contributed by atoms with Crippen LogP contribution in [-0.4, -0.2) is 33.6 Å². The Morgan fingerprint density at radius 2 is 2.18 bits per heavy atom. The minimum absolute atomic E-state index is 0.104. The lowest BCUT2D eigenvalue weighted by Crippen LogP contribution is -2.28. The van der Waals surface area contributed by atoms with Crippen LogP contribution in [0.15, 0.2) is 9.95 Å². The van der Waals surface area contributed by atoms with E-state index in [9.17, 15) is 4.79 Å². The van der Waals surface area contributed by atoms with Crippen molar-refractivity contribution in [3.63, 3.8) is 0 Å². The third-order valence-electron chi connectivity index (χ3n) is 3.10. The first-order valence-corrected chi connectivity index (χ1v) is 7.17. The Morgan fingerprint density at radius 1 is 1.47 bits per heavy atom. The molecule has 0 aromatic carbocycles. The zero-order valence-corrected chi connectivity index (χ0v) is 11.2. The fourth-order valence-corrected chi connectivity index (χ4v) is 3.35. The summed E-state index contributed by atoms with van der Waals surface area (Å²) in [5.41, 5.74) is -0.104. The van der Waals surface area contributed by atoms with Crippen LogP contribution in [-0.2, 0) is 0 Å². The van der Waals surface area contributed by atoms with Crippen molar-refractivity contribution >= 4 is 11.8 Å². The van der Waals surface area contributed by atoms with Gasteiger partial charge in [-0.3, -0.25) is 4.57 Å². The second-order valence-electron chi connectivity index (χ2n) is 4.78. The Labute approximate surface area is 105 Å². The Hall–Kier alpha value is -0.750. The first-order valence-electron chi connectivity index (χ1n) is 6.19. The standard InChI is InChI=1S/C11H20N4OS/c1-8(2)15-10(16)13-14-11(15)17-7-9-3-5-12-6-4-9/h8-9,12H,3-7H2,1-2H3,(H,13,16). The van der Waals surface area contributed by atoms with Gasteiger partial charge in [0.15, 0.2) is 5.16 Å². The molecule has 0 saturated carbocycles. The molecular weight excluding hydrogens is 236 g/mol. The minimum Gasteiger partial charge on any atom is -0.317 e. The quantitative estimate of drug-likeness (QED) is 0.796. The summed E-state index contributed by atoms with van der Waals surface area (Å²) in [5.74, 6) is 1.80. The molecule has 17 heavy (non-hydrogen) atoms. The molecule has 0 amide bonds. The highest BCUT2D eigenvalue weighted by molar-refractivity contribution is 7.99. The molecule has 1 aromatic heterocycles. The van der Waals surface area contributed by atoms with E-state index in [2.05, 4.69) is 15.5 Å². The highest BCUT2D eigenvalue weighted by Gasteiger charge is 2.16. The van der Waals surface area contributed by atoms with Gasteiger partial charge in [0.2, 0.25) is 0 Å². The maximum absolute atomic E-state index is 11.6. The van der Waals surface area contributed by atoms with Crippen molar-refractivity contribution in [2.45, 2.75) is 37.9 Å². The lowest BCUT2D eigenvalue weighted by atomic mass is 10.0. The summed E-state index contributed by atoms with van der Waals surface area (Å²) in [7, 11) is 0. The van der Waals surface area contributed by atoms with Crippen LogP contribution in [0.5, 0.6) is 0 Å². The minimum atomic E-state index is -0.104. The molecular formula is C11H20N4OS. The first-order chi connectivity index (χ1) is 8.18. The van der Waals surface area contributed by atoms with Crippen molar-refractivity contribution < 1.29 is 0 Å². The molecule has 0 unspecified atom stereocenters. The van der Waals surface area contributed by atoms with E-state index in [0.717, 1.165) is 29.9 Å². The monoisotopic (exact) mass is 256 g/mol. The number of nitrogens with zero attached hydrogens (tertiary/aromatic N) is 2. The summed E-state index contributed by atoms with van der Waals surface area (Å²) >= 11 is 1.70. The van der Waals surface area contributed by atoms with Crippen LogP contribution in [0.4, 0.5) is 0 Å².